The molecule has 0 aromatic carbocycles. The third-order valence-corrected chi connectivity index (χ3v) is 4.73. The Balaban J connectivity index is 1.96. The Morgan fingerprint density at radius 2 is 2.00 bits per heavy atom. The zero-order valence-electron chi connectivity index (χ0n) is 12.6. The molecule has 2 rings (SSSR count). The normalized spacial score (nSPS) is 22.8. The quantitative estimate of drug-likeness (QED) is 0.870. The molecule has 20 heavy (non-hydrogen) atoms. The smallest absolute Gasteiger partial charge is 0.239 e. The molecule has 112 valence electrons. The number of pyridine rings is 1. The lowest BCUT2D eigenvalue weighted by Crippen LogP contribution is -2.27. The Kier molecular flexibility index (Phi) is 5.40. The van der Waals surface area contributed by atoms with Gasteiger partial charge in [0.05, 0.1) is 11.8 Å². The van der Waals surface area contributed by atoms with Crippen LogP contribution >= 0.6 is 11.8 Å². The van der Waals surface area contributed by atoms with Gasteiger partial charge in [-0.1, -0.05) is 0 Å². The van der Waals surface area contributed by atoms with Crippen molar-refractivity contribution < 1.29 is 4.74 Å². The van der Waals surface area contributed by atoms with Crippen LogP contribution in [0.4, 0.5) is 11.5 Å². The number of thioether (sulfide) groups is 1. The number of nitrogens with zero attached hydrogens (tertiary/aromatic N) is 1. The van der Waals surface area contributed by atoms with Gasteiger partial charge in [-0.15, -0.1) is 0 Å². The summed E-state index contributed by atoms with van der Waals surface area (Å²) in [5, 5.41) is 4.34. The van der Waals surface area contributed by atoms with Gasteiger partial charge in [0.15, 0.2) is 0 Å². The van der Waals surface area contributed by atoms with Crippen LogP contribution in [0, 0.1) is 0 Å². The van der Waals surface area contributed by atoms with Crippen LogP contribution in [-0.2, 0) is 0 Å². The van der Waals surface area contributed by atoms with Crippen LogP contribution in [0.2, 0.25) is 0 Å². The molecule has 1 aromatic heterocycles. The summed E-state index contributed by atoms with van der Waals surface area (Å²) >= 11 is 1.99. The van der Waals surface area contributed by atoms with Crippen LogP contribution in [0.25, 0.3) is 0 Å². The summed E-state index contributed by atoms with van der Waals surface area (Å²) < 4.78 is 5.63. The highest BCUT2D eigenvalue weighted by Crippen LogP contribution is 2.29. The van der Waals surface area contributed by atoms with Gasteiger partial charge >= 0.3 is 0 Å². The molecule has 0 amide bonds. The number of rotatable bonds is 5. The van der Waals surface area contributed by atoms with Crippen molar-refractivity contribution in [2.45, 2.75) is 56.9 Å². The van der Waals surface area contributed by atoms with Crippen molar-refractivity contribution in [1.82, 2.24) is 4.98 Å². The number of anilines is 2. The SMILES string of the molecule is CSC1CCC(Nc2ccc(N)c(OC(C)C)n2)CC1. The first kappa shape index (κ1) is 15.3. The molecule has 3 N–H and O–H groups in total. The van der Waals surface area contributed by atoms with E-state index < -0.39 is 0 Å². The van der Waals surface area contributed by atoms with Gasteiger partial charge in [0.25, 0.3) is 0 Å². The van der Waals surface area contributed by atoms with Crippen LogP contribution in [0.1, 0.15) is 39.5 Å². The van der Waals surface area contributed by atoms with Crippen molar-refractivity contribution in [3.8, 4) is 5.88 Å². The molecule has 1 heterocycles. The fourth-order valence-electron chi connectivity index (χ4n) is 2.50. The molecule has 0 radical (unpaired) electrons. The summed E-state index contributed by atoms with van der Waals surface area (Å²) in [5.74, 6) is 1.39. The average molecular weight is 295 g/mol. The van der Waals surface area contributed by atoms with E-state index in [1.807, 2.05) is 37.7 Å². The minimum Gasteiger partial charge on any atom is -0.473 e. The fourth-order valence-corrected chi connectivity index (χ4v) is 3.24. The number of hydrogen-bond donors (Lipinski definition) is 2. The van der Waals surface area contributed by atoms with Crippen molar-refractivity contribution in [3.05, 3.63) is 12.1 Å². The van der Waals surface area contributed by atoms with E-state index in [0.717, 1.165) is 11.1 Å². The summed E-state index contributed by atoms with van der Waals surface area (Å²) in [6.07, 6.45) is 7.26. The van der Waals surface area contributed by atoms with Gasteiger partial charge in [0.1, 0.15) is 5.82 Å². The second-order valence-corrected chi connectivity index (χ2v) is 6.75. The molecule has 5 heteroatoms. The lowest BCUT2D eigenvalue weighted by Gasteiger charge is -2.28. The molecule has 1 fully saturated rings. The number of nitrogens with one attached hydrogen (secondary N) is 1. The van der Waals surface area contributed by atoms with Gasteiger partial charge in [0.2, 0.25) is 5.88 Å². The largest absolute Gasteiger partial charge is 0.473 e. The van der Waals surface area contributed by atoms with E-state index in [-0.39, 0.29) is 6.10 Å². The topological polar surface area (TPSA) is 60.2 Å². The molecule has 1 aliphatic carbocycles. The molecule has 0 aliphatic heterocycles. The lowest BCUT2D eigenvalue weighted by atomic mass is 9.95. The second kappa shape index (κ2) is 7.07. The summed E-state index contributed by atoms with van der Waals surface area (Å²) in [6, 6.07) is 4.31. The van der Waals surface area contributed by atoms with E-state index in [1.54, 1.807) is 0 Å². The van der Waals surface area contributed by atoms with Crippen LogP contribution in [0.5, 0.6) is 5.88 Å². The van der Waals surface area contributed by atoms with Crippen LogP contribution in [-0.4, -0.2) is 28.6 Å². The Labute approximate surface area is 125 Å². The van der Waals surface area contributed by atoms with E-state index in [2.05, 4.69) is 16.6 Å². The molecular formula is C15H25N3OS. The Bertz CT molecular complexity index is 431. The summed E-state index contributed by atoms with van der Waals surface area (Å²) in [7, 11) is 0. The molecule has 0 unspecified atom stereocenters. The Morgan fingerprint density at radius 3 is 2.60 bits per heavy atom. The second-order valence-electron chi connectivity index (χ2n) is 5.61. The molecule has 0 saturated heterocycles. The lowest BCUT2D eigenvalue weighted by molar-refractivity contribution is 0.234. The van der Waals surface area contributed by atoms with Crippen molar-refractivity contribution in [2.24, 2.45) is 0 Å². The minimum absolute atomic E-state index is 0.0806. The minimum atomic E-state index is 0.0806. The van der Waals surface area contributed by atoms with Gasteiger partial charge in [0, 0.05) is 11.3 Å². The van der Waals surface area contributed by atoms with Crippen molar-refractivity contribution in [3.63, 3.8) is 0 Å². The first-order valence-electron chi connectivity index (χ1n) is 7.31. The third-order valence-electron chi connectivity index (χ3n) is 3.60. The number of aromatic nitrogens is 1. The van der Waals surface area contributed by atoms with Crippen molar-refractivity contribution in [1.29, 1.82) is 0 Å². The molecule has 1 aromatic rings. The fraction of sp³-hybridized carbons (Fsp3) is 0.667. The molecule has 1 saturated carbocycles. The van der Waals surface area contributed by atoms with Gasteiger partial charge in [-0.25, -0.2) is 0 Å². The summed E-state index contributed by atoms with van der Waals surface area (Å²) in [5.41, 5.74) is 6.48. The predicted octanol–water partition coefficient (Wildman–Crippen LogP) is 3.54. The van der Waals surface area contributed by atoms with Crippen LogP contribution in [0.15, 0.2) is 12.1 Å². The number of nitrogens with two attached hydrogens (primary N) is 1. The standard InChI is InChI=1S/C15H25N3OS/c1-10(2)19-15-13(16)8-9-14(18-15)17-11-4-6-12(20-3)7-5-11/h8-12H,4-7,16H2,1-3H3,(H,17,18). The van der Waals surface area contributed by atoms with Crippen molar-refractivity contribution >= 4 is 23.3 Å². The summed E-state index contributed by atoms with van der Waals surface area (Å²) in [4.78, 5) is 4.48. The average Bonchev–Trinajstić information content (AvgIpc) is 2.43. The predicted molar refractivity (Wildman–Crippen MR) is 87.6 cm³/mol. The Morgan fingerprint density at radius 1 is 1.30 bits per heavy atom. The maximum absolute atomic E-state index is 5.89. The highest BCUT2D eigenvalue weighted by atomic mass is 32.2. The van der Waals surface area contributed by atoms with Gasteiger partial charge in [-0.2, -0.15) is 16.7 Å². The molecule has 4 nitrogen and oxygen atoms in total. The highest BCUT2D eigenvalue weighted by Gasteiger charge is 2.20. The van der Waals surface area contributed by atoms with Crippen LogP contribution in [0.3, 0.4) is 0 Å². The monoisotopic (exact) mass is 295 g/mol. The Hall–Kier alpha value is -1.10. The molecule has 0 bridgehead atoms. The van der Waals surface area contributed by atoms with Crippen molar-refractivity contribution in [2.75, 3.05) is 17.3 Å². The van der Waals surface area contributed by atoms with Gasteiger partial charge in [-0.05, 0) is 57.9 Å². The highest BCUT2D eigenvalue weighted by molar-refractivity contribution is 7.99. The van der Waals surface area contributed by atoms with E-state index in [4.69, 9.17) is 10.5 Å². The van der Waals surface area contributed by atoms with E-state index >= 15 is 0 Å². The maximum Gasteiger partial charge on any atom is 0.239 e. The first-order valence-corrected chi connectivity index (χ1v) is 8.59. The van der Waals surface area contributed by atoms with Crippen LogP contribution < -0.4 is 15.8 Å². The van der Waals surface area contributed by atoms with E-state index in [1.165, 1.54) is 25.7 Å². The molecule has 0 atom stereocenters. The molecule has 1 aliphatic rings. The molecular weight excluding hydrogens is 270 g/mol. The molecule has 0 spiro atoms. The number of ether oxygens (including phenoxy) is 1. The van der Waals surface area contributed by atoms with Gasteiger partial charge < -0.3 is 15.8 Å². The zero-order valence-corrected chi connectivity index (χ0v) is 13.4. The van der Waals surface area contributed by atoms with Gasteiger partial charge in [-0.3, -0.25) is 0 Å². The zero-order chi connectivity index (χ0) is 14.5. The third kappa shape index (κ3) is 4.20. The summed E-state index contributed by atoms with van der Waals surface area (Å²) in [6.45, 7) is 3.95. The van der Waals surface area contributed by atoms with E-state index in [0.29, 0.717) is 17.6 Å². The number of hydrogen-bond acceptors (Lipinski definition) is 5. The maximum atomic E-state index is 5.89. The van der Waals surface area contributed by atoms with E-state index in [9.17, 15) is 0 Å². The first-order chi connectivity index (χ1) is 9.58. The number of nitrogen functional groups attached to an aromatic ring is 1.